The highest BCUT2D eigenvalue weighted by molar-refractivity contribution is 5.69. The highest BCUT2D eigenvalue weighted by Gasteiger charge is 2.17. The summed E-state index contributed by atoms with van der Waals surface area (Å²) in [5, 5.41) is 9.01. The van der Waals surface area contributed by atoms with Crippen LogP contribution in [0.1, 0.15) is 23.7 Å². The van der Waals surface area contributed by atoms with E-state index in [1.54, 1.807) is 19.1 Å². The standard InChI is InChI=1S/C26H29NO5/c1-19-16-23(31-22-11-7-10-21(17-22)30-3)12-13-24(19)32-25(20-8-5-4-6-9-20)14-15-27(2)18-26(28)29/h4-13,16-17,25H,14-15,18H2,1-3H3,(H,28,29). The van der Waals surface area contributed by atoms with Crippen molar-refractivity contribution in [3.63, 3.8) is 0 Å². The number of rotatable bonds is 11. The minimum Gasteiger partial charge on any atom is -0.497 e. The van der Waals surface area contributed by atoms with Crippen LogP contribution in [-0.2, 0) is 4.79 Å². The quantitative estimate of drug-likeness (QED) is 0.440. The molecule has 3 aromatic carbocycles. The Kier molecular flexibility index (Phi) is 8.11. The zero-order chi connectivity index (χ0) is 22.9. The maximum Gasteiger partial charge on any atom is 0.317 e. The molecule has 6 heteroatoms. The highest BCUT2D eigenvalue weighted by Crippen LogP contribution is 2.32. The number of carboxylic acids is 1. The largest absolute Gasteiger partial charge is 0.497 e. The summed E-state index contributed by atoms with van der Waals surface area (Å²) in [5.41, 5.74) is 2.00. The third-order valence-corrected chi connectivity index (χ3v) is 5.04. The number of aliphatic carboxylic acids is 1. The average Bonchev–Trinajstić information content (AvgIpc) is 2.78. The normalized spacial score (nSPS) is 11.8. The lowest BCUT2D eigenvalue weighted by Gasteiger charge is -2.23. The van der Waals surface area contributed by atoms with Gasteiger partial charge >= 0.3 is 5.97 Å². The molecule has 1 N–H and O–H groups in total. The Morgan fingerprint density at radius 1 is 0.969 bits per heavy atom. The van der Waals surface area contributed by atoms with Gasteiger partial charge in [-0.1, -0.05) is 36.4 Å². The van der Waals surface area contributed by atoms with Crippen LogP contribution in [-0.4, -0.2) is 43.2 Å². The van der Waals surface area contributed by atoms with Crippen molar-refractivity contribution in [2.75, 3.05) is 27.2 Å². The van der Waals surface area contributed by atoms with Gasteiger partial charge in [-0.25, -0.2) is 0 Å². The molecule has 0 amide bonds. The van der Waals surface area contributed by atoms with Crippen molar-refractivity contribution in [1.29, 1.82) is 0 Å². The van der Waals surface area contributed by atoms with Crippen LogP contribution >= 0.6 is 0 Å². The van der Waals surface area contributed by atoms with Crippen LogP contribution in [0.15, 0.2) is 72.8 Å². The van der Waals surface area contributed by atoms with E-state index in [1.807, 2.05) is 79.7 Å². The van der Waals surface area contributed by atoms with Crippen molar-refractivity contribution in [3.05, 3.63) is 83.9 Å². The molecule has 0 fully saturated rings. The van der Waals surface area contributed by atoms with Crippen molar-refractivity contribution in [1.82, 2.24) is 4.90 Å². The fraction of sp³-hybridized carbons (Fsp3) is 0.269. The Hall–Kier alpha value is -3.51. The number of benzene rings is 3. The van der Waals surface area contributed by atoms with Gasteiger partial charge in [0.25, 0.3) is 0 Å². The molecule has 3 rings (SSSR count). The first kappa shape index (κ1) is 23.2. The Balaban J connectivity index is 1.73. The van der Waals surface area contributed by atoms with Gasteiger partial charge in [-0.3, -0.25) is 9.69 Å². The second-order valence-electron chi connectivity index (χ2n) is 7.65. The Morgan fingerprint density at radius 2 is 1.69 bits per heavy atom. The highest BCUT2D eigenvalue weighted by atomic mass is 16.5. The smallest absolute Gasteiger partial charge is 0.317 e. The molecule has 1 unspecified atom stereocenters. The fourth-order valence-electron chi connectivity index (χ4n) is 3.38. The van der Waals surface area contributed by atoms with Crippen molar-refractivity contribution in [2.24, 2.45) is 0 Å². The minimum atomic E-state index is -0.841. The van der Waals surface area contributed by atoms with Crippen LogP contribution in [0.3, 0.4) is 0 Å². The lowest BCUT2D eigenvalue weighted by atomic mass is 10.1. The van der Waals surface area contributed by atoms with Gasteiger partial charge in [0.15, 0.2) is 0 Å². The molecule has 0 saturated heterocycles. The van der Waals surface area contributed by atoms with Gasteiger partial charge in [-0.15, -0.1) is 0 Å². The van der Waals surface area contributed by atoms with E-state index < -0.39 is 5.97 Å². The number of nitrogens with zero attached hydrogens (tertiary/aromatic N) is 1. The third-order valence-electron chi connectivity index (χ3n) is 5.04. The Morgan fingerprint density at radius 3 is 2.38 bits per heavy atom. The molecule has 1 atom stereocenters. The van der Waals surface area contributed by atoms with E-state index in [0.29, 0.717) is 24.5 Å². The topological polar surface area (TPSA) is 68.2 Å². The molecule has 0 bridgehead atoms. The van der Waals surface area contributed by atoms with E-state index in [0.717, 1.165) is 22.6 Å². The van der Waals surface area contributed by atoms with Gasteiger partial charge in [0.1, 0.15) is 29.1 Å². The van der Waals surface area contributed by atoms with Gasteiger partial charge in [0, 0.05) is 19.0 Å². The molecule has 6 nitrogen and oxygen atoms in total. The molecule has 0 radical (unpaired) electrons. The van der Waals surface area contributed by atoms with Crippen LogP contribution < -0.4 is 14.2 Å². The van der Waals surface area contributed by atoms with Crippen molar-refractivity contribution < 1.29 is 24.1 Å². The Labute approximate surface area is 189 Å². The summed E-state index contributed by atoms with van der Waals surface area (Å²) in [6.45, 7) is 2.57. The summed E-state index contributed by atoms with van der Waals surface area (Å²) in [6.07, 6.45) is 0.464. The predicted octanol–water partition coefficient (Wildman–Crippen LogP) is 5.32. The summed E-state index contributed by atoms with van der Waals surface area (Å²) in [7, 11) is 3.42. The number of ether oxygens (including phenoxy) is 3. The first-order chi connectivity index (χ1) is 15.4. The summed E-state index contributed by atoms with van der Waals surface area (Å²) in [5.74, 6) is 2.06. The molecule has 32 heavy (non-hydrogen) atoms. The van der Waals surface area contributed by atoms with Crippen molar-refractivity contribution in [2.45, 2.75) is 19.4 Å². The van der Waals surface area contributed by atoms with Crippen LogP contribution in [0.25, 0.3) is 0 Å². The molecule has 0 aliphatic heterocycles. The van der Waals surface area contributed by atoms with E-state index in [4.69, 9.17) is 19.3 Å². The zero-order valence-corrected chi connectivity index (χ0v) is 18.7. The van der Waals surface area contributed by atoms with Crippen molar-refractivity contribution in [3.8, 4) is 23.0 Å². The minimum absolute atomic E-state index is 0.00313. The number of carboxylic acid groups (broad SMARTS) is 1. The molecule has 0 heterocycles. The Bertz CT molecular complexity index is 1020. The third kappa shape index (κ3) is 6.75. The molecular formula is C26H29NO5. The SMILES string of the molecule is COc1cccc(Oc2ccc(OC(CCN(C)CC(=O)O)c3ccccc3)c(C)c2)c1. The lowest BCUT2D eigenvalue weighted by molar-refractivity contribution is -0.138. The lowest BCUT2D eigenvalue weighted by Crippen LogP contribution is -2.28. The van der Waals surface area contributed by atoms with E-state index in [-0.39, 0.29) is 12.6 Å². The summed E-state index contributed by atoms with van der Waals surface area (Å²) in [4.78, 5) is 12.7. The summed E-state index contributed by atoms with van der Waals surface area (Å²) >= 11 is 0. The van der Waals surface area contributed by atoms with Gasteiger partial charge in [-0.05, 0) is 55.4 Å². The average molecular weight is 436 g/mol. The maximum atomic E-state index is 11.0. The van der Waals surface area contributed by atoms with Gasteiger partial charge in [0.2, 0.25) is 0 Å². The molecule has 0 aromatic heterocycles. The molecule has 0 saturated carbocycles. The molecular weight excluding hydrogens is 406 g/mol. The first-order valence-electron chi connectivity index (χ1n) is 10.5. The van der Waals surface area contributed by atoms with E-state index >= 15 is 0 Å². The number of carbonyl (C=O) groups is 1. The first-order valence-corrected chi connectivity index (χ1v) is 10.5. The molecule has 0 aliphatic rings. The summed E-state index contributed by atoms with van der Waals surface area (Å²) in [6, 6.07) is 23.1. The van der Waals surface area contributed by atoms with E-state index in [9.17, 15) is 4.79 Å². The van der Waals surface area contributed by atoms with Crippen LogP contribution in [0.4, 0.5) is 0 Å². The number of methoxy groups -OCH3 is 1. The van der Waals surface area contributed by atoms with E-state index in [2.05, 4.69) is 0 Å². The zero-order valence-electron chi connectivity index (χ0n) is 18.7. The molecule has 0 aliphatic carbocycles. The van der Waals surface area contributed by atoms with Crippen LogP contribution in [0.5, 0.6) is 23.0 Å². The monoisotopic (exact) mass is 435 g/mol. The van der Waals surface area contributed by atoms with Crippen molar-refractivity contribution >= 4 is 5.97 Å². The predicted molar refractivity (Wildman–Crippen MR) is 124 cm³/mol. The van der Waals surface area contributed by atoms with Gasteiger partial charge < -0.3 is 19.3 Å². The fourth-order valence-corrected chi connectivity index (χ4v) is 3.38. The second kappa shape index (κ2) is 11.2. The maximum absolute atomic E-state index is 11.0. The van der Waals surface area contributed by atoms with Crippen LogP contribution in [0.2, 0.25) is 0 Å². The number of hydrogen-bond acceptors (Lipinski definition) is 5. The van der Waals surface area contributed by atoms with Gasteiger partial charge in [-0.2, -0.15) is 0 Å². The van der Waals surface area contributed by atoms with E-state index in [1.165, 1.54) is 0 Å². The number of aryl methyl sites for hydroxylation is 1. The number of hydrogen-bond donors (Lipinski definition) is 1. The molecule has 168 valence electrons. The number of likely N-dealkylation sites (N-methyl/N-ethyl adjacent to an activating group) is 1. The van der Waals surface area contributed by atoms with Gasteiger partial charge in [0.05, 0.1) is 13.7 Å². The molecule has 3 aromatic rings. The van der Waals surface area contributed by atoms with Crippen LogP contribution in [0, 0.1) is 6.92 Å². The summed E-state index contributed by atoms with van der Waals surface area (Å²) < 4.78 is 17.6. The second-order valence-corrected chi connectivity index (χ2v) is 7.65. The molecule has 0 spiro atoms.